The van der Waals surface area contributed by atoms with Gasteiger partial charge in [0.15, 0.2) is 10.2 Å². The lowest BCUT2D eigenvalue weighted by Crippen LogP contribution is -2.30. The average Bonchev–Trinajstić information content (AvgIpc) is 3.29. The molecule has 28 heavy (non-hydrogen) atoms. The topological polar surface area (TPSA) is 41.3 Å². The van der Waals surface area contributed by atoms with Crippen LogP contribution in [0.15, 0.2) is 75.2 Å². The number of aromatic nitrogens is 1. The van der Waals surface area contributed by atoms with Crippen molar-refractivity contribution >= 4 is 40.7 Å². The molecule has 4 rings (SSSR count). The van der Waals surface area contributed by atoms with Crippen LogP contribution in [0.25, 0.3) is 0 Å². The molecule has 3 heterocycles. The Morgan fingerprint density at radius 2 is 2.00 bits per heavy atom. The molecule has 4 nitrogen and oxygen atoms in total. The predicted octanol–water partition coefficient (Wildman–Crippen LogP) is 5.86. The molecule has 0 aliphatic carbocycles. The number of pyridine rings is 1. The van der Waals surface area contributed by atoms with Crippen molar-refractivity contribution in [2.24, 2.45) is 0 Å². The first kappa shape index (κ1) is 19.3. The number of benzene rings is 1. The van der Waals surface area contributed by atoms with E-state index in [2.05, 4.69) is 22.1 Å². The summed E-state index contributed by atoms with van der Waals surface area (Å²) in [7, 11) is 0. The summed E-state index contributed by atoms with van der Waals surface area (Å²) in [5.41, 5.74) is 0.955. The maximum absolute atomic E-state index is 6.24. The van der Waals surface area contributed by atoms with E-state index in [1.165, 1.54) is 0 Å². The molecule has 0 saturated carbocycles. The van der Waals surface area contributed by atoms with Crippen LogP contribution in [0, 0.1) is 0 Å². The molecule has 1 aromatic carbocycles. The van der Waals surface area contributed by atoms with Gasteiger partial charge in [-0.3, -0.25) is 4.98 Å². The van der Waals surface area contributed by atoms with E-state index in [0.717, 1.165) is 44.5 Å². The fourth-order valence-corrected chi connectivity index (χ4v) is 4.60. The number of rotatable bonds is 6. The van der Waals surface area contributed by atoms with Crippen molar-refractivity contribution in [2.75, 3.05) is 6.54 Å². The Morgan fingerprint density at radius 1 is 1.18 bits per heavy atom. The molecular weight excluding hydrogens is 410 g/mol. The molecule has 2 aromatic heterocycles. The highest BCUT2D eigenvalue weighted by Crippen LogP contribution is 2.41. The summed E-state index contributed by atoms with van der Waals surface area (Å²) in [6, 6.07) is 17.7. The zero-order valence-electron chi connectivity index (χ0n) is 15.3. The normalized spacial score (nSPS) is 19.1. The van der Waals surface area contributed by atoms with Crippen LogP contribution in [0.1, 0.15) is 36.9 Å². The van der Waals surface area contributed by atoms with Crippen LogP contribution >= 0.6 is 35.6 Å². The summed E-state index contributed by atoms with van der Waals surface area (Å²) in [4.78, 5) is 7.82. The van der Waals surface area contributed by atoms with E-state index >= 15 is 0 Å². The first-order valence-electron chi connectivity index (χ1n) is 9.17. The lowest BCUT2D eigenvalue weighted by atomic mass is 10.0. The molecule has 7 heteroatoms. The van der Waals surface area contributed by atoms with Crippen molar-refractivity contribution in [3.63, 3.8) is 0 Å². The third kappa shape index (κ3) is 4.04. The van der Waals surface area contributed by atoms with Gasteiger partial charge < -0.3 is 14.6 Å². The van der Waals surface area contributed by atoms with Crippen molar-refractivity contribution in [3.8, 4) is 0 Å². The van der Waals surface area contributed by atoms with Crippen LogP contribution in [0.5, 0.6) is 0 Å². The van der Waals surface area contributed by atoms with Crippen molar-refractivity contribution < 1.29 is 4.42 Å². The molecule has 0 spiro atoms. The van der Waals surface area contributed by atoms with E-state index in [1.54, 1.807) is 11.8 Å². The molecule has 1 N–H and O–H groups in total. The Bertz CT molecular complexity index is 946. The third-order valence-electron chi connectivity index (χ3n) is 4.59. The Morgan fingerprint density at radius 3 is 2.71 bits per heavy atom. The second-order valence-corrected chi connectivity index (χ2v) is 8.43. The molecule has 1 saturated heterocycles. The molecule has 0 bridgehead atoms. The molecule has 2 atom stereocenters. The molecule has 0 unspecified atom stereocenters. The highest BCUT2D eigenvalue weighted by atomic mass is 35.5. The second kappa shape index (κ2) is 8.55. The first-order chi connectivity index (χ1) is 13.7. The number of hydrogen-bond acceptors (Lipinski definition) is 4. The van der Waals surface area contributed by atoms with Gasteiger partial charge >= 0.3 is 0 Å². The molecule has 1 aliphatic rings. The first-order valence-corrected chi connectivity index (χ1v) is 10.8. The van der Waals surface area contributed by atoms with Crippen LogP contribution in [-0.2, 0) is 0 Å². The SMILES string of the molecule is CCCN1C(=S)N[C@H](c2ccccn2)[C@H]1c1ccc(Sc2ccc(Cl)cc2)o1. The Balaban J connectivity index is 1.63. The van der Waals surface area contributed by atoms with Crippen molar-refractivity contribution in [3.05, 3.63) is 77.3 Å². The molecule has 144 valence electrons. The van der Waals surface area contributed by atoms with Gasteiger partial charge in [0.2, 0.25) is 0 Å². The summed E-state index contributed by atoms with van der Waals surface area (Å²) in [6.07, 6.45) is 2.81. The van der Waals surface area contributed by atoms with Crippen LogP contribution < -0.4 is 5.32 Å². The van der Waals surface area contributed by atoms with E-state index in [-0.39, 0.29) is 12.1 Å². The zero-order chi connectivity index (χ0) is 19.5. The predicted molar refractivity (Wildman–Crippen MR) is 117 cm³/mol. The van der Waals surface area contributed by atoms with Gasteiger partial charge in [0.1, 0.15) is 11.8 Å². The standard InChI is InChI=1S/C21H20ClN3OS2/c1-2-13-25-20(19(24-21(25)27)16-5-3-4-12-23-16)17-10-11-18(26-17)28-15-8-6-14(22)7-9-15/h3-12,19-20H,2,13H2,1H3,(H,24,27)/t19-,20-/m1/s1. The highest BCUT2D eigenvalue weighted by Gasteiger charge is 2.41. The zero-order valence-corrected chi connectivity index (χ0v) is 17.7. The Kier molecular flexibility index (Phi) is 5.90. The van der Waals surface area contributed by atoms with Crippen molar-refractivity contribution in [1.29, 1.82) is 0 Å². The summed E-state index contributed by atoms with van der Waals surface area (Å²) < 4.78 is 6.24. The summed E-state index contributed by atoms with van der Waals surface area (Å²) in [5, 5.41) is 5.74. The lowest BCUT2D eigenvalue weighted by Gasteiger charge is -2.25. The number of nitrogens with one attached hydrogen (secondary N) is 1. The molecular formula is C21H20ClN3OS2. The van der Waals surface area contributed by atoms with Crippen LogP contribution in [0.2, 0.25) is 5.02 Å². The van der Waals surface area contributed by atoms with Gasteiger partial charge in [-0.05, 0) is 67.2 Å². The monoisotopic (exact) mass is 429 g/mol. The van der Waals surface area contributed by atoms with E-state index in [0.29, 0.717) is 0 Å². The number of nitrogens with zero attached hydrogens (tertiary/aromatic N) is 2. The highest BCUT2D eigenvalue weighted by molar-refractivity contribution is 7.99. The van der Waals surface area contributed by atoms with Gasteiger partial charge in [0, 0.05) is 22.7 Å². The van der Waals surface area contributed by atoms with Crippen LogP contribution in [0.3, 0.4) is 0 Å². The van der Waals surface area contributed by atoms with Gasteiger partial charge in [-0.1, -0.05) is 36.4 Å². The number of furan rings is 1. The van der Waals surface area contributed by atoms with Gasteiger partial charge in [0.25, 0.3) is 0 Å². The fourth-order valence-electron chi connectivity index (χ4n) is 3.36. The number of halogens is 1. The van der Waals surface area contributed by atoms with E-state index in [1.807, 2.05) is 60.8 Å². The minimum atomic E-state index is -0.0419. The smallest absolute Gasteiger partial charge is 0.170 e. The minimum absolute atomic E-state index is 0.0260. The number of thiocarbonyl (C=S) groups is 1. The maximum atomic E-state index is 6.24. The Hall–Kier alpha value is -2.02. The largest absolute Gasteiger partial charge is 0.452 e. The van der Waals surface area contributed by atoms with Gasteiger partial charge in [-0.15, -0.1) is 0 Å². The quantitative estimate of drug-likeness (QED) is 0.495. The van der Waals surface area contributed by atoms with Gasteiger partial charge in [-0.2, -0.15) is 0 Å². The molecule has 0 radical (unpaired) electrons. The summed E-state index contributed by atoms with van der Waals surface area (Å²) in [5.74, 6) is 0.882. The van der Waals surface area contributed by atoms with Crippen LogP contribution in [0.4, 0.5) is 0 Å². The van der Waals surface area contributed by atoms with Crippen LogP contribution in [-0.4, -0.2) is 21.5 Å². The summed E-state index contributed by atoms with van der Waals surface area (Å²) in [6.45, 7) is 3.01. The minimum Gasteiger partial charge on any atom is -0.452 e. The molecule has 3 aromatic rings. The Labute approximate surface area is 179 Å². The van der Waals surface area contributed by atoms with E-state index < -0.39 is 0 Å². The maximum Gasteiger partial charge on any atom is 0.170 e. The fraction of sp³-hybridized carbons (Fsp3) is 0.238. The lowest BCUT2D eigenvalue weighted by molar-refractivity contribution is 0.260. The average molecular weight is 430 g/mol. The van der Waals surface area contributed by atoms with Crippen molar-refractivity contribution in [1.82, 2.24) is 15.2 Å². The summed E-state index contributed by atoms with van der Waals surface area (Å²) >= 11 is 13.2. The second-order valence-electron chi connectivity index (χ2n) is 6.53. The van der Waals surface area contributed by atoms with E-state index in [9.17, 15) is 0 Å². The number of hydrogen-bond donors (Lipinski definition) is 1. The van der Waals surface area contributed by atoms with Gasteiger partial charge in [-0.25, -0.2) is 0 Å². The molecule has 1 fully saturated rings. The van der Waals surface area contributed by atoms with Crippen molar-refractivity contribution in [2.45, 2.75) is 35.4 Å². The molecule has 0 amide bonds. The molecule has 1 aliphatic heterocycles. The third-order valence-corrected chi connectivity index (χ3v) is 6.12. The van der Waals surface area contributed by atoms with Gasteiger partial charge in [0.05, 0.1) is 11.7 Å². The van der Waals surface area contributed by atoms with E-state index in [4.69, 9.17) is 28.2 Å².